The second kappa shape index (κ2) is 7.36. The quantitative estimate of drug-likeness (QED) is 0.458. The van der Waals surface area contributed by atoms with Crippen LogP contribution in [0.4, 0.5) is 5.69 Å². The van der Waals surface area contributed by atoms with Crippen LogP contribution in [-0.2, 0) is 10.1 Å². The van der Waals surface area contributed by atoms with Crippen molar-refractivity contribution in [2.45, 2.75) is 11.8 Å². The maximum absolute atomic E-state index is 12.5. The molecule has 3 rings (SSSR count). The van der Waals surface area contributed by atoms with E-state index in [1.54, 1.807) is 0 Å². The zero-order chi connectivity index (χ0) is 21.5. The van der Waals surface area contributed by atoms with Gasteiger partial charge in [-0.25, -0.2) is 4.79 Å². The summed E-state index contributed by atoms with van der Waals surface area (Å²) in [6, 6.07) is 9.36. The Morgan fingerprint density at radius 2 is 1.76 bits per heavy atom. The van der Waals surface area contributed by atoms with Gasteiger partial charge in [0.25, 0.3) is 16.0 Å². The van der Waals surface area contributed by atoms with Gasteiger partial charge in [0.2, 0.25) is 0 Å². The number of halogens is 1. The number of hydrogen-bond donors (Lipinski definition) is 4. The predicted molar refractivity (Wildman–Crippen MR) is 107 cm³/mol. The molecule has 1 amide bonds. The van der Waals surface area contributed by atoms with Crippen LogP contribution in [0.3, 0.4) is 0 Å². The van der Waals surface area contributed by atoms with E-state index < -0.39 is 26.9 Å². The zero-order valence-electron chi connectivity index (χ0n) is 14.8. The number of hydrogen-bond acceptors (Lipinski definition) is 5. The first-order chi connectivity index (χ1) is 13.5. The lowest BCUT2D eigenvalue weighted by molar-refractivity contribution is 0.0695. The van der Waals surface area contributed by atoms with Gasteiger partial charge >= 0.3 is 5.97 Å². The zero-order valence-corrected chi connectivity index (χ0v) is 16.4. The molecule has 0 aliphatic rings. The molecule has 0 heterocycles. The fourth-order valence-electron chi connectivity index (χ4n) is 2.88. The Morgan fingerprint density at radius 1 is 1.07 bits per heavy atom. The number of carbonyl (C=O) groups excluding carboxylic acids is 1. The third kappa shape index (κ3) is 4.02. The molecule has 0 unspecified atom stereocenters. The van der Waals surface area contributed by atoms with Crippen LogP contribution >= 0.6 is 11.6 Å². The van der Waals surface area contributed by atoms with E-state index in [1.807, 2.05) is 0 Å². The normalized spacial score (nSPS) is 11.4. The first-order valence-corrected chi connectivity index (χ1v) is 9.89. The number of amides is 1. The molecule has 0 aliphatic heterocycles. The minimum Gasteiger partial charge on any atom is -0.507 e. The van der Waals surface area contributed by atoms with Crippen LogP contribution in [0.1, 0.15) is 26.3 Å². The monoisotopic (exact) mass is 435 g/mol. The summed E-state index contributed by atoms with van der Waals surface area (Å²) in [7, 11) is -4.57. The summed E-state index contributed by atoms with van der Waals surface area (Å²) in [5.41, 5.74) is 0.0563. The number of carbonyl (C=O) groups is 2. The molecule has 150 valence electrons. The number of aromatic hydroxyl groups is 1. The molecule has 0 atom stereocenters. The van der Waals surface area contributed by atoms with Gasteiger partial charge in [-0.1, -0.05) is 23.7 Å². The molecule has 0 aliphatic carbocycles. The van der Waals surface area contributed by atoms with Crippen LogP contribution < -0.4 is 5.32 Å². The van der Waals surface area contributed by atoms with Crippen molar-refractivity contribution >= 4 is 50.1 Å². The number of aromatic carboxylic acids is 1. The molecule has 0 radical (unpaired) electrons. The van der Waals surface area contributed by atoms with E-state index in [0.29, 0.717) is 11.1 Å². The van der Waals surface area contributed by atoms with Crippen LogP contribution in [0.2, 0.25) is 5.02 Å². The van der Waals surface area contributed by atoms with Gasteiger partial charge in [0.05, 0.1) is 4.90 Å². The van der Waals surface area contributed by atoms with Gasteiger partial charge < -0.3 is 15.5 Å². The Labute approximate surface area is 170 Å². The molecule has 0 spiro atoms. The van der Waals surface area contributed by atoms with E-state index in [9.17, 15) is 32.8 Å². The number of nitrogens with one attached hydrogen (secondary N) is 1. The van der Waals surface area contributed by atoms with Gasteiger partial charge in [0.15, 0.2) is 0 Å². The first-order valence-electron chi connectivity index (χ1n) is 8.07. The molecular formula is C19H14ClNO7S. The Balaban J connectivity index is 2.00. The molecule has 0 fully saturated rings. The standard InChI is InChI=1S/C19H14ClNO7S/c1-9-14(20)7-11(8-16(9)29(26,27)28)18(23)21-12-3-4-13-10(6-12)2-5-15(22)17(13)19(24)25/h2-8,22H,1H3,(H,21,23)(H,24,25)(H,26,27,28). The Bertz CT molecular complexity index is 1290. The highest BCUT2D eigenvalue weighted by Gasteiger charge is 2.20. The fourth-order valence-corrected chi connectivity index (χ4v) is 3.92. The van der Waals surface area contributed by atoms with Crippen molar-refractivity contribution in [3.8, 4) is 5.75 Å². The predicted octanol–water partition coefficient (Wildman–Crippen LogP) is 3.70. The summed E-state index contributed by atoms with van der Waals surface area (Å²) in [5.74, 6) is -2.36. The maximum Gasteiger partial charge on any atom is 0.340 e. The number of fused-ring (bicyclic) bond motifs is 1. The SMILES string of the molecule is Cc1c(Cl)cc(C(=O)Nc2ccc3c(C(=O)O)c(O)ccc3c2)cc1S(=O)(=O)O. The highest BCUT2D eigenvalue weighted by molar-refractivity contribution is 7.85. The first kappa shape index (κ1) is 20.6. The van der Waals surface area contributed by atoms with E-state index in [-0.39, 0.29) is 32.8 Å². The second-order valence-corrected chi connectivity index (χ2v) is 8.01. The van der Waals surface area contributed by atoms with Crippen LogP contribution in [0, 0.1) is 6.92 Å². The van der Waals surface area contributed by atoms with Gasteiger partial charge in [-0.3, -0.25) is 9.35 Å². The summed E-state index contributed by atoms with van der Waals surface area (Å²) < 4.78 is 32.3. The highest BCUT2D eigenvalue weighted by Crippen LogP contribution is 2.30. The fraction of sp³-hybridized carbons (Fsp3) is 0.0526. The summed E-state index contributed by atoms with van der Waals surface area (Å²) in [4.78, 5) is 23.4. The lowest BCUT2D eigenvalue weighted by Crippen LogP contribution is -2.14. The molecular weight excluding hydrogens is 422 g/mol. The topological polar surface area (TPSA) is 141 Å². The molecule has 29 heavy (non-hydrogen) atoms. The molecule has 4 N–H and O–H groups in total. The molecule has 0 saturated carbocycles. The second-order valence-electron chi connectivity index (χ2n) is 6.21. The Hall–Kier alpha value is -3.14. The van der Waals surface area contributed by atoms with Gasteiger partial charge in [0, 0.05) is 21.7 Å². The van der Waals surface area contributed by atoms with Gasteiger partial charge in [-0.2, -0.15) is 8.42 Å². The number of anilines is 1. The minimum absolute atomic E-state index is 0.00892. The van der Waals surface area contributed by atoms with E-state index in [4.69, 9.17) is 11.6 Å². The van der Waals surface area contributed by atoms with Crippen molar-refractivity contribution in [2.24, 2.45) is 0 Å². The Morgan fingerprint density at radius 3 is 2.38 bits per heavy atom. The third-order valence-corrected chi connectivity index (χ3v) is 5.68. The van der Waals surface area contributed by atoms with Gasteiger partial charge in [-0.05, 0) is 48.2 Å². The minimum atomic E-state index is -4.57. The largest absolute Gasteiger partial charge is 0.507 e. The van der Waals surface area contributed by atoms with Crippen molar-refractivity contribution in [3.05, 3.63) is 64.2 Å². The van der Waals surface area contributed by atoms with Crippen molar-refractivity contribution < 1.29 is 32.8 Å². The average Bonchev–Trinajstić information content (AvgIpc) is 2.62. The molecule has 3 aromatic rings. The highest BCUT2D eigenvalue weighted by atomic mass is 35.5. The maximum atomic E-state index is 12.5. The van der Waals surface area contributed by atoms with Crippen molar-refractivity contribution in [2.75, 3.05) is 5.32 Å². The van der Waals surface area contributed by atoms with E-state index >= 15 is 0 Å². The van der Waals surface area contributed by atoms with Crippen molar-refractivity contribution in [1.82, 2.24) is 0 Å². The van der Waals surface area contributed by atoms with Gasteiger partial charge in [0.1, 0.15) is 11.3 Å². The lowest BCUT2D eigenvalue weighted by Gasteiger charge is -2.11. The van der Waals surface area contributed by atoms with Crippen molar-refractivity contribution in [1.29, 1.82) is 0 Å². The third-order valence-electron chi connectivity index (χ3n) is 4.31. The van der Waals surface area contributed by atoms with Crippen LogP contribution in [0.25, 0.3) is 10.8 Å². The van der Waals surface area contributed by atoms with Crippen LogP contribution in [0.5, 0.6) is 5.75 Å². The molecule has 0 bridgehead atoms. The number of phenols is 1. The molecule has 0 saturated heterocycles. The van der Waals surface area contributed by atoms with Crippen LogP contribution in [-0.4, -0.2) is 35.1 Å². The molecule has 10 heteroatoms. The van der Waals surface area contributed by atoms with E-state index in [1.165, 1.54) is 43.3 Å². The smallest absolute Gasteiger partial charge is 0.340 e. The van der Waals surface area contributed by atoms with E-state index in [2.05, 4.69) is 5.32 Å². The number of rotatable bonds is 4. The van der Waals surface area contributed by atoms with Crippen molar-refractivity contribution in [3.63, 3.8) is 0 Å². The lowest BCUT2D eigenvalue weighted by atomic mass is 10.0. The number of carboxylic acid groups (broad SMARTS) is 1. The van der Waals surface area contributed by atoms with E-state index in [0.717, 1.165) is 6.07 Å². The molecule has 0 aromatic heterocycles. The van der Waals surface area contributed by atoms with Gasteiger partial charge in [-0.15, -0.1) is 0 Å². The number of benzene rings is 3. The average molecular weight is 436 g/mol. The molecule has 8 nitrogen and oxygen atoms in total. The summed E-state index contributed by atoms with van der Waals surface area (Å²) >= 11 is 5.98. The number of carboxylic acids is 1. The summed E-state index contributed by atoms with van der Waals surface area (Å²) in [5, 5.41) is 22.3. The summed E-state index contributed by atoms with van der Waals surface area (Å²) in [6.45, 7) is 1.39. The van der Waals surface area contributed by atoms with Crippen LogP contribution in [0.15, 0.2) is 47.4 Å². The summed E-state index contributed by atoms with van der Waals surface area (Å²) in [6.07, 6.45) is 0. The Kier molecular flexibility index (Phi) is 5.22. The molecule has 3 aromatic carbocycles.